The first-order chi connectivity index (χ1) is 14.5. The number of carbonyl (C=O) groups is 2. The molecule has 0 amide bonds. The van der Waals surface area contributed by atoms with Gasteiger partial charge in [0.15, 0.2) is 12.4 Å². The summed E-state index contributed by atoms with van der Waals surface area (Å²) in [7, 11) is 1.18. The highest BCUT2D eigenvalue weighted by molar-refractivity contribution is 7.89. The van der Waals surface area contributed by atoms with Crippen molar-refractivity contribution < 1.29 is 22.7 Å². The molecular weight excluding hydrogens is 416 g/mol. The molecule has 0 atom stereocenters. The monoisotopic (exact) mass is 442 g/mol. The van der Waals surface area contributed by atoms with E-state index in [0.29, 0.717) is 0 Å². The van der Waals surface area contributed by atoms with E-state index < -0.39 is 22.6 Å². The van der Waals surface area contributed by atoms with Crippen LogP contribution in [0.25, 0.3) is 0 Å². The van der Waals surface area contributed by atoms with Crippen molar-refractivity contribution in [1.29, 1.82) is 0 Å². The fourth-order valence-corrected chi connectivity index (χ4v) is 4.55. The third kappa shape index (κ3) is 4.26. The molecule has 31 heavy (non-hydrogen) atoms. The van der Waals surface area contributed by atoms with Crippen molar-refractivity contribution in [3.63, 3.8) is 0 Å². The van der Waals surface area contributed by atoms with Gasteiger partial charge in [0, 0.05) is 44.0 Å². The van der Waals surface area contributed by atoms with Gasteiger partial charge in [-0.3, -0.25) is 4.79 Å². The predicted octanol–water partition coefficient (Wildman–Crippen LogP) is 2.97. The van der Waals surface area contributed by atoms with Crippen LogP contribution in [0, 0.1) is 0 Å². The molecule has 0 fully saturated rings. The Morgan fingerprint density at radius 2 is 1.68 bits per heavy atom. The molecule has 0 radical (unpaired) electrons. The van der Waals surface area contributed by atoms with E-state index >= 15 is 0 Å². The third-order valence-electron chi connectivity index (χ3n) is 5.45. The Morgan fingerprint density at radius 3 is 2.26 bits per heavy atom. The molecule has 0 spiro atoms. The van der Waals surface area contributed by atoms with Gasteiger partial charge in [0.1, 0.15) is 0 Å². The van der Waals surface area contributed by atoms with E-state index in [1.54, 1.807) is 0 Å². The molecule has 3 rings (SSSR count). The van der Waals surface area contributed by atoms with Crippen molar-refractivity contribution in [3.8, 4) is 0 Å². The number of anilines is 1. The Hall–Kier alpha value is -2.97. The number of likely N-dealkylation sites (N-methyl/N-ethyl adjacent to an activating group) is 1. The zero-order valence-corrected chi connectivity index (χ0v) is 19.1. The maximum atomic E-state index is 12.5. The molecule has 2 aromatic carbocycles. The average Bonchev–Trinajstić information content (AvgIpc) is 2.93. The summed E-state index contributed by atoms with van der Waals surface area (Å²) in [5.74, 6) is -1.02. The number of benzene rings is 2. The molecule has 0 unspecified atom stereocenters. The summed E-state index contributed by atoms with van der Waals surface area (Å²) < 4.78 is 30.4. The summed E-state index contributed by atoms with van der Waals surface area (Å²) in [6, 6.07) is 13.4. The van der Waals surface area contributed by atoms with Crippen molar-refractivity contribution in [1.82, 2.24) is 4.31 Å². The largest absolute Gasteiger partial charge is 0.454 e. The summed E-state index contributed by atoms with van der Waals surface area (Å²) >= 11 is 0. The summed E-state index contributed by atoms with van der Waals surface area (Å²) in [4.78, 5) is 26.8. The van der Waals surface area contributed by atoms with E-state index in [9.17, 15) is 18.0 Å². The quantitative estimate of drug-likeness (QED) is 0.505. The number of esters is 1. The van der Waals surface area contributed by atoms with Crippen LogP contribution in [-0.4, -0.2) is 52.2 Å². The zero-order valence-electron chi connectivity index (χ0n) is 18.2. The van der Waals surface area contributed by atoms with E-state index in [-0.39, 0.29) is 21.7 Å². The van der Waals surface area contributed by atoms with Crippen LogP contribution in [0.1, 0.15) is 29.8 Å². The lowest BCUT2D eigenvalue weighted by Gasteiger charge is -2.23. The van der Waals surface area contributed by atoms with E-state index in [4.69, 9.17) is 4.74 Å². The number of carbonyl (C=O) groups excluding carboxylic acids is 2. The fourth-order valence-electron chi connectivity index (χ4n) is 3.65. The van der Waals surface area contributed by atoms with Gasteiger partial charge in [-0.2, -0.15) is 0 Å². The molecule has 0 saturated carbocycles. The first kappa shape index (κ1) is 22.7. The van der Waals surface area contributed by atoms with Gasteiger partial charge in [0.2, 0.25) is 10.0 Å². The number of sulfonamides is 1. The Bertz CT molecular complexity index is 1150. The topological polar surface area (TPSA) is 84.0 Å². The van der Waals surface area contributed by atoms with Gasteiger partial charge in [-0.1, -0.05) is 32.0 Å². The fraction of sp³-hybridized carbons (Fsp3) is 0.304. The molecule has 7 nitrogen and oxygen atoms in total. The van der Waals surface area contributed by atoms with Crippen molar-refractivity contribution in [2.45, 2.75) is 24.2 Å². The number of fused-ring (bicyclic) bond motifs is 1. The molecule has 0 aromatic heterocycles. The normalized spacial score (nSPS) is 16.5. The van der Waals surface area contributed by atoms with Crippen LogP contribution in [-0.2, 0) is 25.0 Å². The Kier molecular flexibility index (Phi) is 6.07. The lowest BCUT2D eigenvalue weighted by molar-refractivity contribution is -0.117. The number of nitrogens with zero attached hydrogens (tertiary/aromatic N) is 2. The SMILES string of the molecule is CN1/C(=C/C(=O)COC(=O)c2ccc(S(=O)(=O)N(C)C)cc2)C(C)(C)c2ccccc21. The van der Waals surface area contributed by atoms with Crippen LogP contribution < -0.4 is 4.90 Å². The second-order valence-electron chi connectivity index (χ2n) is 8.08. The molecule has 0 bridgehead atoms. The minimum absolute atomic E-state index is 0.0703. The maximum absolute atomic E-state index is 12.5. The van der Waals surface area contributed by atoms with Gasteiger partial charge in [0.05, 0.1) is 10.5 Å². The van der Waals surface area contributed by atoms with Gasteiger partial charge in [-0.25, -0.2) is 17.5 Å². The van der Waals surface area contributed by atoms with Crippen molar-refractivity contribution in [2.24, 2.45) is 0 Å². The number of hydrogen-bond acceptors (Lipinski definition) is 6. The summed E-state index contributed by atoms with van der Waals surface area (Å²) in [6.07, 6.45) is 1.51. The van der Waals surface area contributed by atoms with Gasteiger partial charge in [-0.15, -0.1) is 0 Å². The number of ether oxygens (including phenoxy) is 1. The Labute approximate surface area is 183 Å². The van der Waals surface area contributed by atoms with E-state index in [1.165, 1.54) is 44.4 Å². The second kappa shape index (κ2) is 8.28. The van der Waals surface area contributed by atoms with E-state index in [1.807, 2.05) is 50.1 Å². The average molecular weight is 443 g/mol. The van der Waals surface area contributed by atoms with Gasteiger partial charge in [0.25, 0.3) is 0 Å². The minimum Gasteiger partial charge on any atom is -0.454 e. The highest BCUT2D eigenvalue weighted by Crippen LogP contribution is 2.46. The van der Waals surface area contributed by atoms with Crippen molar-refractivity contribution >= 4 is 27.5 Å². The number of allylic oxidation sites excluding steroid dienone is 1. The standard InChI is InChI=1S/C23H26N2O5S/c1-23(2)19-8-6-7-9-20(19)25(5)21(23)14-17(26)15-30-22(27)16-10-12-18(13-11-16)31(28,29)24(3)4/h6-14H,15H2,1-5H3/b21-14+. The lowest BCUT2D eigenvalue weighted by Crippen LogP contribution is -2.25. The summed E-state index contributed by atoms with van der Waals surface area (Å²) in [5, 5.41) is 0. The molecule has 1 heterocycles. The highest BCUT2D eigenvalue weighted by Gasteiger charge is 2.38. The van der Waals surface area contributed by atoms with Crippen LogP contribution in [0.4, 0.5) is 5.69 Å². The van der Waals surface area contributed by atoms with Crippen LogP contribution >= 0.6 is 0 Å². The number of ketones is 1. The first-order valence-electron chi connectivity index (χ1n) is 9.74. The van der Waals surface area contributed by atoms with Crippen LogP contribution in [0.5, 0.6) is 0 Å². The predicted molar refractivity (Wildman–Crippen MR) is 119 cm³/mol. The first-order valence-corrected chi connectivity index (χ1v) is 11.2. The molecule has 0 saturated heterocycles. The summed E-state index contributed by atoms with van der Waals surface area (Å²) in [5.41, 5.74) is 2.81. The molecular formula is C23H26N2O5S. The zero-order chi connectivity index (χ0) is 23.0. The van der Waals surface area contributed by atoms with Gasteiger partial charge < -0.3 is 9.64 Å². The Balaban J connectivity index is 1.68. The third-order valence-corrected chi connectivity index (χ3v) is 7.28. The van der Waals surface area contributed by atoms with Crippen molar-refractivity contribution in [2.75, 3.05) is 32.6 Å². The molecule has 1 aliphatic heterocycles. The maximum Gasteiger partial charge on any atom is 0.338 e. The Morgan fingerprint density at radius 1 is 1.06 bits per heavy atom. The molecule has 1 aliphatic rings. The molecule has 0 aliphatic carbocycles. The number of para-hydroxylation sites is 1. The van der Waals surface area contributed by atoms with E-state index in [0.717, 1.165) is 21.3 Å². The number of hydrogen-bond donors (Lipinski definition) is 0. The highest BCUT2D eigenvalue weighted by atomic mass is 32.2. The van der Waals surface area contributed by atoms with Crippen LogP contribution in [0.2, 0.25) is 0 Å². The second-order valence-corrected chi connectivity index (χ2v) is 10.2. The van der Waals surface area contributed by atoms with E-state index in [2.05, 4.69) is 0 Å². The smallest absolute Gasteiger partial charge is 0.338 e. The molecule has 0 N–H and O–H groups in total. The molecule has 8 heteroatoms. The minimum atomic E-state index is -3.58. The molecule has 164 valence electrons. The number of rotatable bonds is 6. The lowest BCUT2D eigenvalue weighted by atomic mass is 9.83. The van der Waals surface area contributed by atoms with Crippen LogP contribution in [0.3, 0.4) is 0 Å². The van der Waals surface area contributed by atoms with Crippen molar-refractivity contribution in [3.05, 3.63) is 71.4 Å². The van der Waals surface area contributed by atoms with Gasteiger partial charge >= 0.3 is 5.97 Å². The molecule has 2 aromatic rings. The summed E-state index contributed by atoms with van der Waals surface area (Å²) in [6.45, 7) is 3.69. The van der Waals surface area contributed by atoms with Gasteiger partial charge in [-0.05, 0) is 35.9 Å². The van der Waals surface area contributed by atoms with Crippen LogP contribution in [0.15, 0.2) is 65.2 Å².